The van der Waals surface area contributed by atoms with E-state index in [0.717, 1.165) is 0 Å². The molecule has 15 heavy (non-hydrogen) atoms. The molecule has 1 saturated heterocycles. The highest BCUT2D eigenvalue weighted by molar-refractivity contribution is 7.89. The van der Waals surface area contributed by atoms with E-state index in [4.69, 9.17) is 10.9 Å². The number of piperazine rings is 1. The first-order chi connectivity index (χ1) is 6.90. The summed E-state index contributed by atoms with van der Waals surface area (Å²) in [6, 6.07) is -0.444. The Morgan fingerprint density at radius 3 is 2.73 bits per heavy atom. The van der Waals surface area contributed by atoms with Crippen molar-refractivity contribution in [1.82, 2.24) is 10.2 Å². The molecule has 5 N–H and O–H groups in total. The molecule has 1 atom stereocenters. The molecule has 1 heterocycles. The van der Waals surface area contributed by atoms with Crippen molar-refractivity contribution in [3.8, 4) is 0 Å². The summed E-state index contributed by atoms with van der Waals surface area (Å²) >= 11 is 0. The summed E-state index contributed by atoms with van der Waals surface area (Å²) < 4.78 is 21.5. The first kappa shape index (κ1) is 12.4. The molecule has 1 rings (SSSR count). The molecule has 1 amide bonds. The smallest absolute Gasteiger partial charge is 0.236 e. The van der Waals surface area contributed by atoms with Gasteiger partial charge in [-0.05, 0) is 0 Å². The molecule has 1 unspecified atom stereocenters. The Balaban J connectivity index is 2.54. The molecule has 0 aromatic rings. The number of hydrogen-bond acceptors (Lipinski definition) is 5. The van der Waals surface area contributed by atoms with Crippen molar-refractivity contribution in [2.24, 2.45) is 10.9 Å². The number of hydrogen-bond donors (Lipinski definition) is 3. The van der Waals surface area contributed by atoms with Crippen LogP contribution in [0.15, 0.2) is 0 Å². The van der Waals surface area contributed by atoms with Crippen LogP contribution >= 0.6 is 0 Å². The maximum Gasteiger partial charge on any atom is 0.236 e. The van der Waals surface area contributed by atoms with E-state index in [2.05, 4.69) is 5.32 Å². The van der Waals surface area contributed by atoms with Crippen LogP contribution in [0.5, 0.6) is 0 Å². The second kappa shape index (κ2) is 4.88. The van der Waals surface area contributed by atoms with Crippen molar-refractivity contribution in [2.45, 2.75) is 6.04 Å². The minimum atomic E-state index is -3.49. The van der Waals surface area contributed by atoms with E-state index in [1.807, 2.05) is 0 Å². The molecule has 1 fully saturated rings. The standard InChI is InChI=1S/C7H16N4O3S/c8-7(12)6-5-10-1-2-11(6)3-4-15(9,13)14/h6,10H,1-5H2,(H2,8,12)(H2,9,13,14). The Hall–Kier alpha value is -0.700. The number of carbonyl (C=O) groups excluding carboxylic acids is 1. The molecule has 0 aliphatic carbocycles. The summed E-state index contributed by atoms with van der Waals surface area (Å²) in [5.41, 5.74) is 5.20. The molecule has 8 heteroatoms. The van der Waals surface area contributed by atoms with Gasteiger partial charge in [0.1, 0.15) is 6.04 Å². The molecular formula is C7H16N4O3S. The zero-order chi connectivity index (χ0) is 11.5. The van der Waals surface area contributed by atoms with Crippen LogP contribution in [-0.2, 0) is 14.8 Å². The van der Waals surface area contributed by atoms with Gasteiger partial charge in [0, 0.05) is 26.2 Å². The van der Waals surface area contributed by atoms with Gasteiger partial charge in [-0.3, -0.25) is 9.69 Å². The number of nitrogens with one attached hydrogen (secondary N) is 1. The van der Waals surface area contributed by atoms with Gasteiger partial charge >= 0.3 is 0 Å². The molecule has 1 aliphatic heterocycles. The molecule has 88 valence electrons. The number of sulfonamides is 1. The van der Waals surface area contributed by atoms with E-state index in [9.17, 15) is 13.2 Å². The molecule has 7 nitrogen and oxygen atoms in total. The second-order valence-electron chi connectivity index (χ2n) is 3.53. The molecular weight excluding hydrogens is 220 g/mol. The van der Waals surface area contributed by atoms with Crippen molar-refractivity contribution in [3.63, 3.8) is 0 Å². The van der Waals surface area contributed by atoms with Crippen LogP contribution < -0.4 is 16.2 Å². The van der Waals surface area contributed by atoms with E-state index >= 15 is 0 Å². The number of primary amides is 1. The van der Waals surface area contributed by atoms with Crippen molar-refractivity contribution in [2.75, 3.05) is 31.9 Å². The van der Waals surface area contributed by atoms with Gasteiger partial charge in [0.25, 0.3) is 0 Å². The Kier molecular flexibility index (Phi) is 4.03. The third-order valence-electron chi connectivity index (χ3n) is 2.35. The summed E-state index contributed by atoms with van der Waals surface area (Å²) in [5.74, 6) is -0.604. The van der Waals surface area contributed by atoms with Crippen LogP contribution in [0, 0.1) is 0 Å². The number of nitrogens with zero attached hydrogens (tertiary/aromatic N) is 1. The van der Waals surface area contributed by atoms with E-state index in [-0.39, 0.29) is 12.3 Å². The highest BCUT2D eigenvalue weighted by Gasteiger charge is 2.26. The zero-order valence-corrected chi connectivity index (χ0v) is 9.16. The fourth-order valence-electron chi connectivity index (χ4n) is 1.54. The van der Waals surface area contributed by atoms with Gasteiger partial charge in [-0.25, -0.2) is 13.6 Å². The second-order valence-corrected chi connectivity index (χ2v) is 5.26. The van der Waals surface area contributed by atoms with Crippen molar-refractivity contribution in [1.29, 1.82) is 0 Å². The van der Waals surface area contributed by atoms with Crippen molar-refractivity contribution < 1.29 is 13.2 Å². The molecule has 1 aliphatic rings. The topological polar surface area (TPSA) is 119 Å². The average molecular weight is 236 g/mol. The van der Waals surface area contributed by atoms with Crippen LogP contribution in [0.3, 0.4) is 0 Å². The van der Waals surface area contributed by atoms with Gasteiger partial charge in [-0.1, -0.05) is 0 Å². The number of nitrogens with two attached hydrogens (primary N) is 2. The molecule has 0 spiro atoms. The van der Waals surface area contributed by atoms with Crippen LogP contribution in [0.4, 0.5) is 0 Å². The minimum Gasteiger partial charge on any atom is -0.368 e. The minimum absolute atomic E-state index is 0.156. The average Bonchev–Trinajstić information content (AvgIpc) is 2.14. The Bertz CT molecular complexity index is 329. The Morgan fingerprint density at radius 2 is 2.20 bits per heavy atom. The normalized spacial score (nSPS) is 23.9. The van der Waals surface area contributed by atoms with E-state index < -0.39 is 22.0 Å². The molecule has 0 radical (unpaired) electrons. The van der Waals surface area contributed by atoms with Gasteiger partial charge in [-0.15, -0.1) is 0 Å². The van der Waals surface area contributed by atoms with E-state index in [0.29, 0.717) is 19.6 Å². The zero-order valence-electron chi connectivity index (χ0n) is 8.35. The summed E-state index contributed by atoms with van der Waals surface area (Å²) in [4.78, 5) is 12.8. The third kappa shape index (κ3) is 4.12. The Morgan fingerprint density at radius 1 is 1.53 bits per heavy atom. The predicted octanol–water partition coefficient (Wildman–Crippen LogP) is -2.97. The number of carbonyl (C=O) groups is 1. The molecule has 0 saturated carbocycles. The summed E-state index contributed by atoms with van der Waals surface area (Å²) in [6.07, 6.45) is 0. The number of rotatable bonds is 4. The van der Waals surface area contributed by atoms with Crippen molar-refractivity contribution >= 4 is 15.9 Å². The molecule has 0 aromatic heterocycles. The van der Waals surface area contributed by atoms with E-state index in [1.165, 1.54) is 0 Å². The lowest BCUT2D eigenvalue weighted by Gasteiger charge is -2.33. The molecule has 0 aromatic carbocycles. The Labute approximate surface area is 88.8 Å². The predicted molar refractivity (Wildman–Crippen MR) is 55.4 cm³/mol. The monoisotopic (exact) mass is 236 g/mol. The third-order valence-corrected chi connectivity index (χ3v) is 3.10. The number of primary sulfonamides is 1. The largest absolute Gasteiger partial charge is 0.368 e. The number of amides is 1. The SMILES string of the molecule is NC(=O)C1CNCCN1CCS(N)(=O)=O. The first-order valence-electron chi connectivity index (χ1n) is 4.65. The highest BCUT2D eigenvalue weighted by atomic mass is 32.2. The maximum atomic E-state index is 11.0. The first-order valence-corrected chi connectivity index (χ1v) is 6.36. The lowest BCUT2D eigenvalue weighted by Crippen LogP contribution is -2.57. The quantitative estimate of drug-likeness (QED) is 0.482. The van der Waals surface area contributed by atoms with Gasteiger partial charge in [-0.2, -0.15) is 0 Å². The van der Waals surface area contributed by atoms with Crippen LogP contribution in [0.1, 0.15) is 0 Å². The van der Waals surface area contributed by atoms with Crippen LogP contribution in [0.2, 0.25) is 0 Å². The fraction of sp³-hybridized carbons (Fsp3) is 0.857. The van der Waals surface area contributed by atoms with E-state index in [1.54, 1.807) is 4.90 Å². The van der Waals surface area contributed by atoms with Gasteiger partial charge in [0.2, 0.25) is 15.9 Å². The van der Waals surface area contributed by atoms with Gasteiger partial charge in [0.15, 0.2) is 0 Å². The van der Waals surface area contributed by atoms with Crippen LogP contribution in [-0.4, -0.2) is 57.2 Å². The fourth-order valence-corrected chi connectivity index (χ4v) is 2.03. The lowest BCUT2D eigenvalue weighted by molar-refractivity contribution is -0.123. The highest BCUT2D eigenvalue weighted by Crippen LogP contribution is 2.02. The summed E-state index contributed by atoms with van der Waals surface area (Å²) in [6.45, 7) is 2.02. The molecule has 0 bridgehead atoms. The van der Waals surface area contributed by atoms with Crippen LogP contribution in [0.25, 0.3) is 0 Å². The summed E-state index contributed by atoms with van der Waals surface area (Å²) in [7, 11) is -3.49. The maximum absolute atomic E-state index is 11.0. The van der Waals surface area contributed by atoms with Gasteiger partial charge in [0.05, 0.1) is 5.75 Å². The van der Waals surface area contributed by atoms with Gasteiger partial charge < -0.3 is 11.1 Å². The lowest BCUT2D eigenvalue weighted by atomic mass is 10.2. The summed E-state index contributed by atoms with van der Waals surface area (Å²) in [5, 5.41) is 7.91. The van der Waals surface area contributed by atoms with Crippen molar-refractivity contribution in [3.05, 3.63) is 0 Å².